The van der Waals surface area contributed by atoms with Gasteiger partial charge in [0.25, 0.3) is 5.56 Å². The zero-order valence-corrected chi connectivity index (χ0v) is 17.3. The van der Waals surface area contributed by atoms with Gasteiger partial charge in [0.1, 0.15) is 23.0 Å². The molecule has 0 bridgehead atoms. The van der Waals surface area contributed by atoms with Crippen molar-refractivity contribution >= 4 is 21.6 Å². The van der Waals surface area contributed by atoms with Crippen LogP contribution in [0.2, 0.25) is 0 Å². The van der Waals surface area contributed by atoms with Gasteiger partial charge in [-0.15, -0.1) is 11.3 Å². The van der Waals surface area contributed by atoms with Crippen LogP contribution in [0, 0.1) is 17.1 Å². The molecule has 7 heteroatoms. The van der Waals surface area contributed by atoms with Crippen molar-refractivity contribution in [2.45, 2.75) is 52.2 Å². The van der Waals surface area contributed by atoms with Crippen LogP contribution in [0.25, 0.3) is 10.2 Å². The summed E-state index contributed by atoms with van der Waals surface area (Å²) < 4.78 is 15.1. The number of benzene rings is 1. The lowest BCUT2D eigenvalue weighted by Crippen LogP contribution is -2.31. The lowest BCUT2D eigenvalue weighted by Gasteiger charge is -2.21. The van der Waals surface area contributed by atoms with Gasteiger partial charge < -0.3 is 0 Å². The number of halogens is 1. The van der Waals surface area contributed by atoms with Gasteiger partial charge in [0.05, 0.1) is 18.0 Å². The molecule has 0 amide bonds. The van der Waals surface area contributed by atoms with Crippen LogP contribution >= 0.6 is 11.3 Å². The van der Waals surface area contributed by atoms with Crippen LogP contribution in [0.3, 0.4) is 0 Å². The summed E-state index contributed by atoms with van der Waals surface area (Å²) in [5.74, 6) is 0.338. The van der Waals surface area contributed by atoms with Crippen molar-refractivity contribution < 1.29 is 4.39 Å². The zero-order chi connectivity index (χ0) is 20.4. The van der Waals surface area contributed by atoms with Gasteiger partial charge in [0, 0.05) is 11.4 Å². The standard InChI is InChI=1S/C22H23FN4OS/c1-2-26(13-15-6-5-7-16(23)12-15)14-19-25-21-20(22(28)27(19)11-10-24)17-8-3-4-9-18(17)29-21/h5-7,12H,2-4,8-9,11,13-14H2,1H3. The maximum atomic E-state index is 13.5. The van der Waals surface area contributed by atoms with E-state index in [-0.39, 0.29) is 17.9 Å². The van der Waals surface area contributed by atoms with E-state index in [1.807, 2.05) is 13.0 Å². The molecule has 150 valence electrons. The third-order valence-electron chi connectivity index (χ3n) is 5.49. The molecule has 0 saturated heterocycles. The average molecular weight is 411 g/mol. The van der Waals surface area contributed by atoms with Crippen LogP contribution in [0.4, 0.5) is 4.39 Å². The van der Waals surface area contributed by atoms with Crippen molar-refractivity contribution in [2.75, 3.05) is 6.54 Å². The molecule has 1 aliphatic rings. The number of thiophene rings is 1. The maximum absolute atomic E-state index is 13.5. The molecular formula is C22H23FN4OS. The van der Waals surface area contributed by atoms with E-state index in [0.29, 0.717) is 24.3 Å². The number of hydrogen-bond donors (Lipinski definition) is 0. The second-order valence-electron chi connectivity index (χ2n) is 7.40. The summed E-state index contributed by atoms with van der Waals surface area (Å²) in [4.78, 5) is 22.2. The molecule has 1 aliphatic carbocycles. The lowest BCUT2D eigenvalue weighted by molar-refractivity contribution is 0.259. The van der Waals surface area contributed by atoms with Crippen LogP contribution in [0.1, 0.15) is 41.6 Å². The number of hydrogen-bond acceptors (Lipinski definition) is 5. The fraction of sp³-hybridized carbons (Fsp3) is 0.409. The normalized spacial score (nSPS) is 13.6. The fourth-order valence-corrected chi connectivity index (χ4v) is 5.28. The first-order chi connectivity index (χ1) is 14.1. The van der Waals surface area contributed by atoms with Crippen LogP contribution < -0.4 is 5.56 Å². The smallest absolute Gasteiger partial charge is 0.263 e. The van der Waals surface area contributed by atoms with Gasteiger partial charge in [-0.2, -0.15) is 5.26 Å². The van der Waals surface area contributed by atoms with Gasteiger partial charge in [-0.25, -0.2) is 9.37 Å². The highest BCUT2D eigenvalue weighted by Gasteiger charge is 2.22. The summed E-state index contributed by atoms with van der Waals surface area (Å²) in [6.07, 6.45) is 4.16. The first-order valence-electron chi connectivity index (χ1n) is 9.98. The molecule has 0 radical (unpaired) electrons. The molecule has 4 rings (SSSR count). The topological polar surface area (TPSA) is 61.9 Å². The quantitative estimate of drug-likeness (QED) is 0.616. The molecule has 2 aromatic heterocycles. The predicted octanol–water partition coefficient (Wildman–Crippen LogP) is 4.02. The minimum Gasteiger partial charge on any atom is -0.292 e. The number of aromatic nitrogens is 2. The molecule has 1 aromatic carbocycles. The highest BCUT2D eigenvalue weighted by atomic mass is 32.1. The van der Waals surface area contributed by atoms with E-state index in [2.05, 4.69) is 11.0 Å². The summed E-state index contributed by atoms with van der Waals surface area (Å²) in [6.45, 7) is 3.71. The van der Waals surface area contributed by atoms with E-state index in [1.165, 1.54) is 21.6 Å². The van der Waals surface area contributed by atoms with Crippen molar-refractivity contribution in [3.8, 4) is 6.07 Å². The van der Waals surface area contributed by atoms with Gasteiger partial charge >= 0.3 is 0 Å². The van der Waals surface area contributed by atoms with Crippen molar-refractivity contribution in [1.82, 2.24) is 14.5 Å². The Kier molecular flexibility index (Phi) is 5.74. The number of rotatable bonds is 6. The van der Waals surface area contributed by atoms with E-state index < -0.39 is 0 Å². The second-order valence-corrected chi connectivity index (χ2v) is 8.49. The van der Waals surface area contributed by atoms with Gasteiger partial charge in [0.2, 0.25) is 0 Å². The number of nitriles is 1. The van der Waals surface area contributed by atoms with Gasteiger partial charge in [-0.3, -0.25) is 14.3 Å². The molecule has 0 saturated carbocycles. The molecule has 0 atom stereocenters. The monoisotopic (exact) mass is 410 g/mol. The Bertz CT molecular complexity index is 1140. The fourth-order valence-electron chi connectivity index (χ4n) is 4.01. The summed E-state index contributed by atoms with van der Waals surface area (Å²) in [7, 11) is 0. The second kappa shape index (κ2) is 8.44. The van der Waals surface area contributed by atoms with Crippen LogP contribution in [-0.2, 0) is 32.5 Å². The molecule has 0 spiro atoms. The minimum atomic E-state index is -0.261. The highest BCUT2D eigenvalue weighted by Crippen LogP contribution is 2.33. The SMILES string of the molecule is CCN(Cc1cccc(F)c1)Cc1nc2sc3c(c2c(=O)n1CC#N)CCCC3. The third kappa shape index (κ3) is 3.96. The maximum Gasteiger partial charge on any atom is 0.263 e. The Morgan fingerprint density at radius 2 is 2.14 bits per heavy atom. The Balaban J connectivity index is 1.72. The Hall–Kier alpha value is -2.56. The van der Waals surface area contributed by atoms with Crippen LogP contribution in [-0.4, -0.2) is 21.0 Å². The van der Waals surface area contributed by atoms with Gasteiger partial charge in [-0.05, 0) is 55.5 Å². The minimum absolute atomic E-state index is 0.0146. The predicted molar refractivity (Wildman–Crippen MR) is 112 cm³/mol. The van der Waals surface area contributed by atoms with Crippen molar-refractivity contribution in [1.29, 1.82) is 5.26 Å². The van der Waals surface area contributed by atoms with Crippen LogP contribution in [0.5, 0.6) is 0 Å². The molecule has 3 aromatic rings. The molecular weight excluding hydrogens is 387 g/mol. The van der Waals surface area contributed by atoms with Crippen molar-refractivity contribution in [3.63, 3.8) is 0 Å². The molecule has 0 unspecified atom stereocenters. The largest absolute Gasteiger partial charge is 0.292 e. The number of fused-ring (bicyclic) bond motifs is 3. The van der Waals surface area contributed by atoms with E-state index in [1.54, 1.807) is 17.4 Å². The Morgan fingerprint density at radius 3 is 2.90 bits per heavy atom. The van der Waals surface area contributed by atoms with E-state index in [9.17, 15) is 14.4 Å². The third-order valence-corrected chi connectivity index (χ3v) is 6.68. The van der Waals surface area contributed by atoms with Gasteiger partial charge in [-0.1, -0.05) is 19.1 Å². The van der Waals surface area contributed by atoms with Crippen LogP contribution in [0.15, 0.2) is 29.1 Å². The number of nitrogens with zero attached hydrogens (tertiary/aromatic N) is 4. The Morgan fingerprint density at radius 1 is 1.31 bits per heavy atom. The van der Waals surface area contributed by atoms with Gasteiger partial charge in [0.15, 0.2) is 0 Å². The van der Waals surface area contributed by atoms with E-state index in [0.717, 1.165) is 48.2 Å². The lowest BCUT2D eigenvalue weighted by atomic mass is 9.97. The molecule has 2 heterocycles. The van der Waals surface area contributed by atoms with E-state index in [4.69, 9.17) is 4.98 Å². The molecule has 0 fully saturated rings. The summed E-state index contributed by atoms with van der Waals surface area (Å²) in [5.41, 5.74) is 1.90. The summed E-state index contributed by atoms with van der Waals surface area (Å²) in [6, 6.07) is 8.65. The molecule has 5 nitrogen and oxygen atoms in total. The summed E-state index contributed by atoms with van der Waals surface area (Å²) >= 11 is 1.62. The van der Waals surface area contributed by atoms with Crippen molar-refractivity contribution in [2.24, 2.45) is 0 Å². The molecule has 29 heavy (non-hydrogen) atoms. The molecule has 0 aliphatic heterocycles. The average Bonchev–Trinajstić information content (AvgIpc) is 3.08. The van der Waals surface area contributed by atoms with E-state index >= 15 is 0 Å². The first-order valence-corrected chi connectivity index (χ1v) is 10.8. The zero-order valence-electron chi connectivity index (χ0n) is 16.4. The highest BCUT2D eigenvalue weighted by molar-refractivity contribution is 7.18. The molecule has 0 N–H and O–H groups in total. The summed E-state index contributed by atoms with van der Waals surface area (Å²) in [5, 5.41) is 10.0. The Labute approximate surface area is 173 Å². The first kappa shape index (κ1) is 19.7. The number of aryl methyl sites for hydroxylation is 2. The van der Waals surface area contributed by atoms with Crippen molar-refractivity contribution in [3.05, 3.63) is 62.3 Å².